The van der Waals surface area contributed by atoms with E-state index in [0.29, 0.717) is 39.6 Å². The molecular formula is C25H52O4. The van der Waals surface area contributed by atoms with Crippen molar-refractivity contribution in [2.45, 2.75) is 117 Å². The Kier molecular flexibility index (Phi) is 25.7. The molecule has 0 unspecified atom stereocenters. The van der Waals surface area contributed by atoms with Gasteiger partial charge in [-0.3, -0.25) is 0 Å². The molecule has 0 fully saturated rings. The van der Waals surface area contributed by atoms with Crippen LogP contribution in [0.2, 0.25) is 0 Å². The molecule has 0 rings (SSSR count). The lowest BCUT2D eigenvalue weighted by atomic mass is 10.0. The van der Waals surface area contributed by atoms with Crippen LogP contribution >= 0.6 is 0 Å². The van der Waals surface area contributed by atoms with E-state index < -0.39 is 0 Å². The summed E-state index contributed by atoms with van der Waals surface area (Å²) in [5.41, 5.74) is 0. The van der Waals surface area contributed by atoms with Gasteiger partial charge in [0.1, 0.15) is 0 Å². The van der Waals surface area contributed by atoms with Crippen molar-refractivity contribution in [1.82, 2.24) is 0 Å². The van der Waals surface area contributed by atoms with Crippen LogP contribution in [0, 0.1) is 0 Å². The standard InChI is InChI=1S/C25H52O4/c1-4-5-6-7-8-9-10-11-12-13-14-15-16-17-18-26-19-20-27-21-22-28-23-24-29-25(2)3/h25H,4-24H2,1-3H3. The summed E-state index contributed by atoms with van der Waals surface area (Å²) >= 11 is 0. The molecule has 0 aromatic rings. The molecule has 0 heterocycles. The molecule has 0 spiro atoms. The number of hydrogen-bond donors (Lipinski definition) is 0. The van der Waals surface area contributed by atoms with Gasteiger partial charge >= 0.3 is 0 Å². The molecule has 0 atom stereocenters. The van der Waals surface area contributed by atoms with Gasteiger partial charge in [0, 0.05) is 6.61 Å². The molecule has 4 heteroatoms. The van der Waals surface area contributed by atoms with Gasteiger partial charge < -0.3 is 18.9 Å². The second-order valence-corrected chi connectivity index (χ2v) is 8.35. The third kappa shape index (κ3) is 27.8. The third-order valence-corrected chi connectivity index (χ3v) is 5.07. The Morgan fingerprint density at radius 1 is 0.414 bits per heavy atom. The van der Waals surface area contributed by atoms with Crippen LogP contribution in [0.1, 0.15) is 111 Å². The average Bonchev–Trinajstić information content (AvgIpc) is 2.71. The van der Waals surface area contributed by atoms with Crippen LogP contribution in [0.5, 0.6) is 0 Å². The smallest absolute Gasteiger partial charge is 0.0703 e. The maximum atomic E-state index is 5.63. The van der Waals surface area contributed by atoms with E-state index in [2.05, 4.69) is 6.92 Å². The van der Waals surface area contributed by atoms with Gasteiger partial charge in [-0.25, -0.2) is 0 Å². The first kappa shape index (κ1) is 28.8. The van der Waals surface area contributed by atoms with Crippen molar-refractivity contribution in [2.24, 2.45) is 0 Å². The Morgan fingerprint density at radius 2 is 0.759 bits per heavy atom. The van der Waals surface area contributed by atoms with Gasteiger partial charge in [0.05, 0.1) is 45.7 Å². The lowest BCUT2D eigenvalue weighted by Gasteiger charge is -2.09. The summed E-state index contributed by atoms with van der Waals surface area (Å²) < 4.78 is 22.0. The maximum absolute atomic E-state index is 5.63. The summed E-state index contributed by atoms with van der Waals surface area (Å²) in [5, 5.41) is 0. The van der Waals surface area contributed by atoms with Crippen molar-refractivity contribution in [1.29, 1.82) is 0 Å². The van der Waals surface area contributed by atoms with Crippen molar-refractivity contribution < 1.29 is 18.9 Å². The molecule has 0 bridgehead atoms. The number of unbranched alkanes of at least 4 members (excludes halogenated alkanes) is 13. The average molecular weight is 417 g/mol. The molecule has 0 aromatic heterocycles. The Labute approximate surface area is 182 Å². The summed E-state index contributed by atoms with van der Waals surface area (Å²) in [7, 11) is 0. The fourth-order valence-electron chi connectivity index (χ4n) is 3.28. The topological polar surface area (TPSA) is 36.9 Å². The van der Waals surface area contributed by atoms with E-state index >= 15 is 0 Å². The first-order chi connectivity index (χ1) is 14.3. The predicted molar refractivity (Wildman–Crippen MR) is 124 cm³/mol. The molecule has 0 aliphatic rings. The summed E-state index contributed by atoms with van der Waals surface area (Å²) in [6, 6.07) is 0. The van der Waals surface area contributed by atoms with Crippen molar-refractivity contribution in [3.8, 4) is 0 Å². The van der Waals surface area contributed by atoms with E-state index in [1.165, 1.54) is 89.9 Å². The van der Waals surface area contributed by atoms with Gasteiger partial charge in [-0.1, -0.05) is 90.4 Å². The van der Waals surface area contributed by atoms with Crippen molar-refractivity contribution in [3.05, 3.63) is 0 Å². The van der Waals surface area contributed by atoms with E-state index in [1.54, 1.807) is 0 Å². The normalized spacial score (nSPS) is 11.6. The molecule has 0 saturated carbocycles. The van der Waals surface area contributed by atoms with Crippen LogP contribution in [0.15, 0.2) is 0 Å². The zero-order valence-corrected chi connectivity index (χ0v) is 20.1. The SMILES string of the molecule is CCCCCCCCCCCCCCCCOCCOCCOCCOC(C)C. The van der Waals surface area contributed by atoms with Crippen LogP contribution in [0.3, 0.4) is 0 Å². The van der Waals surface area contributed by atoms with Crippen LogP contribution in [0.25, 0.3) is 0 Å². The first-order valence-electron chi connectivity index (χ1n) is 12.6. The van der Waals surface area contributed by atoms with Crippen molar-refractivity contribution in [3.63, 3.8) is 0 Å². The predicted octanol–water partition coefficient (Wildman–Crippen LogP) is 6.94. The molecular weight excluding hydrogens is 364 g/mol. The van der Waals surface area contributed by atoms with Crippen LogP contribution < -0.4 is 0 Å². The zero-order chi connectivity index (χ0) is 21.3. The lowest BCUT2D eigenvalue weighted by Crippen LogP contribution is -2.13. The van der Waals surface area contributed by atoms with Gasteiger partial charge in [0.2, 0.25) is 0 Å². The molecule has 176 valence electrons. The monoisotopic (exact) mass is 416 g/mol. The highest BCUT2D eigenvalue weighted by atomic mass is 16.6. The Morgan fingerprint density at radius 3 is 1.17 bits per heavy atom. The molecule has 0 aromatic carbocycles. The highest BCUT2D eigenvalue weighted by Crippen LogP contribution is 2.12. The van der Waals surface area contributed by atoms with Gasteiger partial charge in [-0.15, -0.1) is 0 Å². The summed E-state index contributed by atoms with van der Waals surface area (Å²) in [6.07, 6.45) is 19.8. The fraction of sp³-hybridized carbons (Fsp3) is 1.00. The van der Waals surface area contributed by atoms with Gasteiger partial charge in [-0.2, -0.15) is 0 Å². The van der Waals surface area contributed by atoms with Crippen LogP contribution in [-0.4, -0.2) is 52.4 Å². The maximum Gasteiger partial charge on any atom is 0.0703 e. The van der Waals surface area contributed by atoms with Crippen LogP contribution in [0.4, 0.5) is 0 Å². The minimum absolute atomic E-state index is 0.270. The Bertz CT molecular complexity index is 284. The summed E-state index contributed by atoms with van der Waals surface area (Å²) in [6.45, 7) is 11.1. The molecule has 0 radical (unpaired) electrons. The third-order valence-electron chi connectivity index (χ3n) is 5.07. The van der Waals surface area contributed by atoms with E-state index in [9.17, 15) is 0 Å². The van der Waals surface area contributed by atoms with Crippen molar-refractivity contribution >= 4 is 0 Å². The molecule has 4 nitrogen and oxygen atoms in total. The molecule has 29 heavy (non-hydrogen) atoms. The fourth-order valence-corrected chi connectivity index (χ4v) is 3.28. The minimum Gasteiger partial charge on any atom is -0.379 e. The van der Waals surface area contributed by atoms with E-state index in [0.717, 1.165) is 6.61 Å². The molecule has 0 saturated heterocycles. The van der Waals surface area contributed by atoms with E-state index in [4.69, 9.17) is 18.9 Å². The number of ether oxygens (including phenoxy) is 4. The number of rotatable bonds is 25. The van der Waals surface area contributed by atoms with Gasteiger partial charge in [0.25, 0.3) is 0 Å². The Hall–Kier alpha value is -0.160. The van der Waals surface area contributed by atoms with Gasteiger partial charge in [0.15, 0.2) is 0 Å². The first-order valence-corrected chi connectivity index (χ1v) is 12.6. The summed E-state index contributed by atoms with van der Waals surface area (Å²) in [4.78, 5) is 0. The second kappa shape index (κ2) is 25.9. The highest BCUT2D eigenvalue weighted by Gasteiger charge is 1.96. The molecule has 0 aliphatic heterocycles. The largest absolute Gasteiger partial charge is 0.379 e. The highest BCUT2D eigenvalue weighted by molar-refractivity contribution is 4.49. The minimum atomic E-state index is 0.270. The second-order valence-electron chi connectivity index (χ2n) is 8.35. The van der Waals surface area contributed by atoms with Crippen LogP contribution in [-0.2, 0) is 18.9 Å². The number of hydrogen-bond acceptors (Lipinski definition) is 4. The Balaban J connectivity index is 2.98. The van der Waals surface area contributed by atoms with Crippen molar-refractivity contribution in [2.75, 3.05) is 46.2 Å². The lowest BCUT2D eigenvalue weighted by molar-refractivity contribution is -0.0119. The van der Waals surface area contributed by atoms with E-state index in [-0.39, 0.29) is 6.10 Å². The quantitative estimate of drug-likeness (QED) is 0.151. The molecule has 0 amide bonds. The molecule has 0 N–H and O–H groups in total. The zero-order valence-electron chi connectivity index (χ0n) is 20.1. The van der Waals surface area contributed by atoms with Gasteiger partial charge in [-0.05, 0) is 20.3 Å². The molecule has 0 aliphatic carbocycles. The summed E-state index contributed by atoms with van der Waals surface area (Å²) in [5.74, 6) is 0. The van der Waals surface area contributed by atoms with E-state index in [1.807, 2.05) is 13.8 Å².